The SMILES string of the molecule is CC1Cc2cc(C(O)=C3C(=O)C(=O)N(Cc4ccncc4)C3c3cccc(Oc4ccccc4)c3)ccc2O1. The van der Waals surface area contributed by atoms with Gasteiger partial charge in [0.25, 0.3) is 11.7 Å². The van der Waals surface area contributed by atoms with Crippen molar-refractivity contribution in [1.82, 2.24) is 9.88 Å². The van der Waals surface area contributed by atoms with Crippen molar-refractivity contribution in [2.45, 2.75) is 32.0 Å². The van der Waals surface area contributed by atoms with E-state index in [4.69, 9.17) is 9.47 Å². The molecule has 2 aliphatic rings. The van der Waals surface area contributed by atoms with Gasteiger partial charge in [-0.25, -0.2) is 0 Å². The van der Waals surface area contributed by atoms with E-state index in [0.29, 0.717) is 29.0 Å². The standard InChI is InChI=1S/C32H26N2O5/c1-20-16-24-17-23(10-11-27(24)38-20)30(35)28-29(34(32(37)31(28)36)19-21-12-14-33-15-13-21)22-6-5-9-26(18-22)39-25-7-3-2-4-8-25/h2-15,17-18,20,29,35H,16,19H2,1H3. The molecule has 1 aromatic heterocycles. The van der Waals surface area contributed by atoms with Crippen LogP contribution in [-0.4, -0.2) is 32.8 Å². The Morgan fingerprint density at radius 3 is 2.54 bits per heavy atom. The molecule has 4 aromatic rings. The maximum absolute atomic E-state index is 13.5. The smallest absolute Gasteiger partial charge is 0.295 e. The normalized spacial score (nSPS) is 19.6. The molecule has 0 aliphatic carbocycles. The second kappa shape index (κ2) is 10.1. The molecule has 2 atom stereocenters. The number of Topliss-reactive ketones (excluding diaryl/α,β-unsaturated/α-hetero) is 1. The molecule has 0 radical (unpaired) electrons. The van der Waals surface area contributed by atoms with Gasteiger partial charge >= 0.3 is 0 Å². The van der Waals surface area contributed by atoms with Crippen LogP contribution in [0.2, 0.25) is 0 Å². The van der Waals surface area contributed by atoms with E-state index < -0.39 is 17.7 Å². The second-order valence-corrected chi connectivity index (χ2v) is 9.73. The first-order chi connectivity index (χ1) is 19.0. The first-order valence-corrected chi connectivity index (χ1v) is 12.8. The fourth-order valence-electron chi connectivity index (χ4n) is 5.17. The molecular formula is C32H26N2O5. The molecule has 7 heteroatoms. The monoisotopic (exact) mass is 518 g/mol. The lowest BCUT2D eigenvalue weighted by Crippen LogP contribution is -2.29. The summed E-state index contributed by atoms with van der Waals surface area (Å²) in [5.74, 6) is 0.357. The average Bonchev–Trinajstić information content (AvgIpc) is 3.45. The lowest BCUT2D eigenvalue weighted by atomic mass is 9.94. The number of rotatable bonds is 6. The largest absolute Gasteiger partial charge is 0.507 e. The van der Waals surface area contributed by atoms with Crippen molar-refractivity contribution in [3.63, 3.8) is 0 Å². The Kier molecular flexibility index (Phi) is 6.32. The van der Waals surface area contributed by atoms with Crippen molar-refractivity contribution in [2.24, 2.45) is 0 Å². The molecular weight excluding hydrogens is 492 g/mol. The third kappa shape index (κ3) is 4.75. The number of carbonyl (C=O) groups is 2. The number of ether oxygens (including phenoxy) is 2. The number of benzene rings is 3. The number of para-hydroxylation sites is 1. The van der Waals surface area contributed by atoms with E-state index in [1.807, 2.05) is 61.5 Å². The Labute approximate surface area is 226 Å². The minimum absolute atomic E-state index is 0.0377. The fraction of sp³-hybridized carbons (Fsp3) is 0.156. The molecule has 3 heterocycles. The molecule has 6 rings (SSSR count). The summed E-state index contributed by atoms with van der Waals surface area (Å²) >= 11 is 0. The van der Waals surface area contributed by atoms with Crippen LogP contribution in [0.25, 0.3) is 5.76 Å². The van der Waals surface area contributed by atoms with Crippen LogP contribution in [0, 0.1) is 0 Å². The lowest BCUT2D eigenvalue weighted by Gasteiger charge is -2.26. The minimum Gasteiger partial charge on any atom is -0.507 e. The predicted octanol–water partition coefficient (Wildman–Crippen LogP) is 5.82. The number of ketones is 1. The molecule has 194 valence electrons. The number of aliphatic hydroxyl groups is 1. The third-order valence-corrected chi connectivity index (χ3v) is 6.96. The van der Waals surface area contributed by atoms with Crippen molar-refractivity contribution in [3.05, 3.63) is 125 Å². The van der Waals surface area contributed by atoms with Gasteiger partial charge in [-0.15, -0.1) is 0 Å². The number of aromatic nitrogens is 1. The molecule has 1 N–H and O–H groups in total. The lowest BCUT2D eigenvalue weighted by molar-refractivity contribution is -0.140. The number of amides is 1. The van der Waals surface area contributed by atoms with E-state index in [0.717, 1.165) is 16.9 Å². The second-order valence-electron chi connectivity index (χ2n) is 9.73. The molecule has 2 unspecified atom stereocenters. The first kappa shape index (κ1) is 24.4. The van der Waals surface area contributed by atoms with Gasteiger partial charge in [0.15, 0.2) is 0 Å². The topological polar surface area (TPSA) is 89.0 Å². The summed E-state index contributed by atoms with van der Waals surface area (Å²) in [7, 11) is 0. The summed E-state index contributed by atoms with van der Waals surface area (Å²) in [5.41, 5.74) is 2.92. The summed E-state index contributed by atoms with van der Waals surface area (Å²) in [6.07, 6.45) is 4.02. The fourth-order valence-corrected chi connectivity index (χ4v) is 5.17. The van der Waals surface area contributed by atoms with Gasteiger partial charge in [0.2, 0.25) is 0 Å². The summed E-state index contributed by atoms with van der Waals surface area (Å²) < 4.78 is 11.8. The maximum atomic E-state index is 13.5. The van der Waals surface area contributed by atoms with Gasteiger partial charge in [-0.2, -0.15) is 0 Å². The highest BCUT2D eigenvalue weighted by atomic mass is 16.5. The van der Waals surface area contributed by atoms with Crippen LogP contribution in [0.3, 0.4) is 0 Å². The van der Waals surface area contributed by atoms with Gasteiger partial charge in [0.1, 0.15) is 29.1 Å². The first-order valence-electron chi connectivity index (χ1n) is 12.8. The highest BCUT2D eigenvalue weighted by Gasteiger charge is 2.46. The Balaban J connectivity index is 1.45. The summed E-state index contributed by atoms with van der Waals surface area (Å²) in [6.45, 7) is 2.16. The van der Waals surface area contributed by atoms with Gasteiger partial charge in [0, 0.05) is 30.9 Å². The molecule has 39 heavy (non-hydrogen) atoms. The number of pyridine rings is 1. The van der Waals surface area contributed by atoms with Gasteiger partial charge in [-0.1, -0.05) is 30.3 Å². The number of nitrogens with zero attached hydrogens (tertiary/aromatic N) is 2. The van der Waals surface area contributed by atoms with Gasteiger partial charge in [-0.3, -0.25) is 14.6 Å². The zero-order valence-electron chi connectivity index (χ0n) is 21.3. The van der Waals surface area contributed by atoms with E-state index in [-0.39, 0.29) is 24.0 Å². The average molecular weight is 519 g/mol. The molecule has 1 fully saturated rings. The van der Waals surface area contributed by atoms with Crippen LogP contribution in [0.1, 0.15) is 35.2 Å². The molecule has 2 aliphatic heterocycles. The van der Waals surface area contributed by atoms with Crippen LogP contribution < -0.4 is 9.47 Å². The summed E-state index contributed by atoms with van der Waals surface area (Å²) in [5, 5.41) is 11.5. The van der Waals surface area contributed by atoms with Crippen LogP contribution in [0.15, 0.2) is 103 Å². The molecule has 0 bridgehead atoms. The van der Waals surface area contributed by atoms with Gasteiger partial charge < -0.3 is 19.5 Å². The van der Waals surface area contributed by atoms with Crippen LogP contribution >= 0.6 is 0 Å². The Hall–Kier alpha value is -4.91. The van der Waals surface area contributed by atoms with Crippen molar-refractivity contribution < 1.29 is 24.2 Å². The maximum Gasteiger partial charge on any atom is 0.295 e. The van der Waals surface area contributed by atoms with E-state index >= 15 is 0 Å². The van der Waals surface area contributed by atoms with Gasteiger partial charge in [0.05, 0.1) is 11.6 Å². The van der Waals surface area contributed by atoms with Crippen molar-refractivity contribution in [2.75, 3.05) is 0 Å². The zero-order valence-corrected chi connectivity index (χ0v) is 21.3. The molecule has 3 aromatic carbocycles. The number of hydrogen-bond donors (Lipinski definition) is 1. The van der Waals surface area contributed by atoms with E-state index in [1.54, 1.807) is 42.7 Å². The highest BCUT2D eigenvalue weighted by molar-refractivity contribution is 6.46. The summed E-state index contributed by atoms with van der Waals surface area (Å²) in [6, 6.07) is 24.7. The molecule has 1 amide bonds. The number of fused-ring (bicyclic) bond motifs is 1. The minimum atomic E-state index is -0.819. The molecule has 1 saturated heterocycles. The molecule has 0 spiro atoms. The zero-order chi connectivity index (χ0) is 26.9. The number of likely N-dealkylation sites (tertiary alicyclic amines) is 1. The van der Waals surface area contributed by atoms with Crippen molar-refractivity contribution >= 4 is 17.4 Å². The Bertz CT molecular complexity index is 1580. The molecule has 0 saturated carbocycles. The van der Waals surface area contributed by atoms with Crippen molar-refractivity contribution in [1.29, 1.82) is 0 Å². The number of hydrogen-bond acceptors (Lipinski definition) is 6. The van der Waals surface area contributed by atoms with Crippen LogP contribution in [0.4, 0.5) is 0 Å². The number of aliphatic hydroxyl groups excluding tert-OH is 1. The van der Waals surface area contributed by atoms with E-state index in [9.17, 15) is 14.7 Å². The predicted molar refractivity (Wildman–Crippen MR) is 145 cm³/mol. The number of carbonyl (C=O) groups excluding carboxylic acids is 2. The van der Waals surface area contributed by atoms with Crippen LogP contribution in [0.5, 0.6) is 17.2 Å². The third-order valence-electron chi connectivity index (χ3n) is 6.96. The highest BCUT2D eigenvalue weighted by Crippen LogP contribution is 2.42. The van der Waals surface area contributed by atoms with E-state index in [2.05, 4.69) is 4.98 Å². The molecule has 7 nitrogen and oxygen atoms in total. The van der Waals surface area contributed by atoms with Crippen molar-refractivity contribution in [3.8, 4) is 17.2 Å². The Morgan fingerprint density at radius 2 is 1.74 bits per heavy atom. The van der Waals surface area contributed by atoms with Crippen LogP contribution in [-0.2, 0) is 22.6 Å². The Morgan fingerprint density at radius 1 is 0.974 bits per heavy atom. The van der Waals surface area contributed by atoms with Gasteiger partial charge in [-0.05, 0) is 78.2 Å². The summed E-state index contributed by atoms with van der Waals surface area (Å²) in [4.78, 5) is 32.4. The van der Waals surface area contributed by atoms with E-state index in [1.165, 1.54) is 4.90 Å². The quantitative estimate of drug-likeness (QED) is 0.197.